The van der Waals surface area contributed by atoms with Gasteiger partial charge in [-0.1, -0.05) is 0 Å². The normalized spacial score (nSPS) is 11.8. The van der Waals surface area contributed by atoms with Gasteiger partial charge in [-0.15, -0.1) is 0 Å². The van der Waals surface area contributed by atoms with Crippen LogP contribution in [0.2, 0.25) is 0 Å². The molecule has 0 amide bonds. The first kappa shape index (κ1) is 24.5. The third kappa shape index (κ3) is 4.91. The summed E-state index contributed by atoms with van der Waals surface area (Å²) in [6, 6.07) is 4.16. The SMILES string of the molecule is Nc1c(C(=O)c2ccc(F)cc2F)ccc(=O)n1-c1c(F)cc(OCC[C@H](N)C(=O)O)cc1F. The zero-order valence-corrected chi connectivity index (χ0v) is 17.2. The highest BCUT2D eigenvalue weighted by Crippen LogP contribution is 2.27. The molecule has 34 heavy (non-hydrogen) atoms. The smallest absolute Gasteiger partial charge is 0.320 e. The van der Waals surface area contributed by atoms with E-state index in [-0.39, 0.29) is 18.8 Å². The molecule has 1 atom stereocenters. The highest BCUT2D eigenvalue weighted by molar-refractivity contribution is 6.11. The Kier molecular flexibility index (Phi) is 7.01. The van der Waals surface area contributed by atoms with Crippen molar-refractivity contribution in [3.05, 3.63) is 87.2 Å². The van der Waals surface area contributed by atoms with Crippen LogP contribution in [0.1, 0.15) is 22.3 Å². The van der Waals surface area contributed by atoms with E-state index in [1.54, 1.807) is 0 Å². The van der Waals surface area contributed by atoms with Gasteiger partial charge in [0.2, 0.25) is 0 Å². The second-order valence-electron chi connectivity index (χ2n) is 7.08. The highest BCUT2D eigenvalue weighted by atomic mass is 19.1. The minimum absolute atomic E-state index is 0.142. The number of carbonyl (C=O) groups is 2. The molecule has 0 bridgehead atoms. The number of nitrogens with two attached hydrogens (primary N) is 2. The molecule has 0 fully saturated rings. The van der Waals surface area contributed by atoms with Crippen LogP contribution in [-0.2, 0) is 4.79 Å². The van der Waals surface area contributed by atoms with Crippen molar-refractivity contribution >= 4 is 17.6 Å². The van der Waals surface area contributed by atoms with Crippen molar-refractivity contribution in [3.63, 3.8) is 0 Å². The predicted molar refractivity (Wildman–Crippen MR) is 112 cm³/mol. The number of ether oxygens (including phenoxy) is 1. The molecule has 0 aliphatic carbocycles. The van der Waals surface area contributed by atoms with E-state index in [0.29, 0.717) is 10.6 Å². The van der Waals surface area contributed by atoms with Crippen LogP contribution >= 0.6 is 0 Å². The summed E-state index contributed by atoms with van der Waals surface area (Å²) >= 11 is 0. The van der Waals surface area contributed by atoms with Gasteiger partial charge < -0.3 is 21.3 Å². The summed E-state index contributed by atoms with van der Waals surface area (Å²) in [7, 11) is 0. The number of carboxylic acids is 1. The number of pyridine rings is 1. The van der Waals surface area contributed by atoms with E-state index in [9.17, 15) is 31.9 Å². The molecule has 0 unspecified atom stereocenters. The fourth-order valence-corrected chi connectivity index (χ4v) is 3.06. The molecule has 5 N–H and O–H groups in total. The molecule has 178 valence electrons. The Morgan fingerprint density at radius 1 is 0.971 bits per heavy atom. The van der Waals surface area contributed by atoms with Gasteiger partial charge in [0, 0.05) is 30.7 Å². The number of carboxylic acid groups (broad SMARTS) is 1. The van der Waals surface area contributed by atoms with Crippen molar-refractivity contribution < 1.29 is 37.0 Å². The molecular formula is C22H17F4N3O5. The van der Waals surface area contributed by atoms with Crippen molar-refractivity contribution in [1.82, 2.24) is 4.57 Å². The van der Waals surface area contributed by atoms with Gasteiger partial charge >= 0.3 is 5.97 Å². The second-order valence-corrected chi connectivity index (χ2v) is 7.08. The maximum Gasteiger partial charge on any atom is 0.320 e. The first-order valence-corrected chi connectivity index (χ1v) is 9.63. The van der Waals surface area contributed by atoms with Crippen LogP contribution in [0.15, 0.2) is 47.3 Å². The Labute approximate surface area is 189 Å². The number of halogens is 4. The minimum atomic E-state index is -1.29. The van der Waals surface area contributed by atoms with Crippen LogP contribution in [0.4, 0.5) is 23.4 Å². The van der Waals surface area contributed by atoms with Crippen LogP contribution in [-0.4, -0.2) is 34.1 Å². The third-order valence-electron chi connectivity index (χ3n) is 4.78. The number of aromatic nitrogens is 1. The van der Waals surface area contributed by atoms with E-state index in [4.69, 9.17) is 21.3 Å². The summed E-state index contributed by atoms with van der Waals surface area (Å²) in [6.45, 7) is -0.263. The van der Waals surface area contributed by atoms with Gasteiger partial charge in [0.1, 0.15) is 34.9 Å². The van der Waals surface area contributed by atoms with Crippen molar-refractivity contribution in [3.8, 4) is 11.4 Å². The number of nitrogens with zero attached hydrogens (tertiary/aromatic N) is 1. The van der Waals surface area contributed by atoms with E-state index < -0.39 is 69.3 Å². The lowest BCUT2D eigenvalue weighted by molar-refractivity contribution is -0.138. The Balaban J connectivity index is 1.99. The molecule has 0 saturated carbocycles. The lowest BCUT2D eigenvalue weighted by atomic mass is 10.0. The molecule has 3 aromatic rings. The fourth-order valence-electron chi connectivity index (χ4n) is 3.06. The highest BCUT2D eigenvalue weighted by Gasteiger charge is 2.23. The van der Waals surface area contributed by atoms with E-state index >= 15 is 0 Å². The fraction of sp³-hybridized carbons (Fsp3) is 0.136. The van der Waals surface area contributed by atoms with E-state index in [1.807, 2.05) is 0 Å². The third-order valence-corrected chi connectivity index (χ3v) is 4.78. The molecule has 12 heteroatoms. The summed E-state index contributed by atoms with van der Waals surface area (Å²) in [6.07, 6.45) is -0.142. The number of anilines is 1. The molecule has 0 saturated heterocycles. The minimum Gasteiger partial charge on any atom is -0.493 e. The summed E-state index contributed by atoms with van der Waals surface area (Å²) in [5.41, 5.74) is 8.25. The van der Waals surface area contributed by atoms with E-state index in [2.05, 4.69) is 0 Å². The average molecular weight is 479 g/mol. The van der Waals surface area contributed by atoms with Gasteiger partial charge in [-0.25, -0.2) is 17.6 Å². The molecule has 0 aliphatic heterocycles. The molecule has 0 aliphatic rings. The van der Waals surface area contributed by atoms with Crippen LogP contribution in [0.5, 0.6) is 5.75 Å². The van der Waals surface area contributed by atoms with Crippen molar-refractivity contribution in [2.24, 2.45) is 5.73 Å². The lowest BCUT2D eigenvalue weighted by Crippen LogP contribution is -2.31. The Morgan fingerprint density at radius 3 is 2.18 bits per heavy atom. The number of benzene rings is 2. The van der Waals surface area contributed by atoms with Crippen LogP contribution in [0.3, 0.4) is 0 Å². The number of carbonyl (C=O) groups excluding carboxylic acids is 1. The summed E-state index contributed by atoms with van der Waals surface area (Å²) in [5, 5.41) is 8.74. The van der Waals surface area contributed by atoms with Gasteiger partial charge in [0.15, 0.2) is 17.4 Å². The lowest BCUT2D eigenvalue weighted by Gasteiger charge is -2.16. The van der Waals surface area contributed by atoms with Crippen molar-refractivity contribution in [2.45, 2.75) is 12.5 Å². The molecule has 1 heterocycles. The van der Waals surface area contributed by atoms with Crippen LogP contribution in [0, 0.1) is 23.3 Å². The van der Waals surface area contributed by atoms with Gasteiger partial charge in [0.05, 0.1) is 17.7 Å². The van der Waals surface area contributed by atoms with Crippen LogP contribution < -0.4 is 21.8 Å². The molecule has 2 aromatic carbocycles. The Hall–Kier alpha value is -4.19. The summed E-state index contributed by atoms with van der Waals surface area (Å²) in [5.74, 6) is -8.01. The Morgan fingerprint density at radius 2 is 1.59 bits per heavy atom. The van der Waals surface area contributed by atoms with Crippen LogP contribution in [0.25, 0.3) is 5.69 Å². The average Bonchev–Trinajstić information content (AvgIpc) is 2.75. The molecule has 0 radical (unpaired) electrons. The Bertz CT molecular complexity index is 1320. The summed E-state index contributed by atoms with van der Waals surface area (Å²) in [4.78, 5) is 35.8. The van der Waals surface area contributed by atoms with Gasteiger partial charge in [-0.3, -0.25) is 19.0 Å². The maximum atomic E-state index is 14.8. The number of hydrogen-bond acceptors (Lipinski definition) is 6. The predicted octanol–water partition coefficient (Wildman–Crippen LogP) is 2.39. The zero-order chi connectivity index (χ0) is 25.2. The molecular weight excluding hydrogens is 462 g/mol. The molecule has 0 spiro atoms. The first-order chi connectivity index (χ1) is 16.0. The topological polar surface area (TPSA) is 138 Å². The molecule has 1 aromatic heterocycles. The standard InChI is InChI=1S/C22H17F4N3O5/c23-10-1-2-12(14(24)7-10)20(31)13-3-4-18(30)29(21(13)28)19-15(25)8-11(9-16(19)26)34-6-5-17(27)22(32)33/h1-4,7-9,17H,5-6,27-28H2,(H,32,33)/t17-/m0/s1. The van der Waals surface area contributed by atoms with Gasteiger partial charge in [-0.2, -0.15) is 0 Å². The van der Waals surface area contributed by atoms with Gasteiger partial charge in [0.25, 0.3) is 5.56 Å². The maximum absolute atomic E-state index is 14.8. The van der Waals surface area contributed by atoms with E-state index in [1.165, 1.54) is 0 Å². The first-order valence-electron chi connectivity index (χ1n) is 9.63. The second kappa shape index (κ2) is 9.75. The molecule has 8 nitrogen and oxygen atoms in total. The van der Waals surface area contributed by atoms with Crippen molar-refractivity contribution in [1.29, 1.82) is 0 Å². The number of rotatable bonds is 8. The van der Waals surface area contributed by atoms with E-state index in [0.717, 1.165) is 36.4 Å². The number of hydrogen-bond donors (Lipinski definition) is 3. The zero-order valence-electron chi connectivity index (χ0n) is 17.2. The van der Waals surface area contributed by atoms with Gasteiger partial charge in [-0.05, 0) is 18.2 Å². The number of aliphatic carboxylic acids is 1. The summed E-state index contributed by atoms with van der Waals surface area (Å²) < 4.78 is 62.3. The largest absolute Gasteiger partial charge is 0.493 e. The number of nitrogen functional groups attached to an aromatic ring is 1. The monoisotopic (exact) mass is 479 g/mol. The van der Waals surface area contributed by atoms with Crippen molar-refractivity contribution in [2.75, 3.05) is 12.3 Å². The number of ketones is 1. The molecule has 3 rings (SSSR count). The quantitative estimate of drug-likeness (QED) is 0.333.